The lowest BCUT2D eigenvalue weighted by molar-refractivity contribution is -0.116. The van der Waals surface area contributed by atoms with Gasteiger partial charge >= 0.3 is 0 Å². The van der Waals surface area contributed by atoms with Gasteiger partial charge in [0.05, 0.1) is 13.4 Å². The number of imidazole rings is 1. The third-order valence-corrected chi connectivity index (χ3v) is 3.74. The van der Waals surface area contributed by atoms with Crippen LogP contribution in [0.1, 0.15) is 0 Å². The van der Waals surface area contributed by atoms with Crippen LogP contribution < -0.4 is 10.1 Å². The van der Waals surface area contributed by atoms with Crippen LogP contribution in [-0.2, 0) is 11.3 Å². The quantitative estimate of drug-likeness (QED) is 0.588. The van der Waals surface area contributed by atoms with Gasteiger partial charge in [0.2, 0.25) is 17.7 Å². The normalized spacial score (nSPS) is 10.8. The molecule has 0 aliphatic carbocycles. The summed E-state index contributed by atoms with van der Waals surface area (Å²) in [4.78, 5) is 24.5. The molecule has 4 aromatic rings. The zero-order valence-corrected chi connectivity index (χ0v) is 13.9. The molecule has 0 aliphatic heterocycles. The first-order chi connectivity index (χ1) is 12.7. The number of nitrogens with zero attached hydrogens (tertiary/aromatic N) is 6. The summed E-state index contributed by atoms with van der Waals surface area (Å²) in [5.41, 5.74) is 2.34. The maximum atomic E-state index is 12.1. The molecule has 4 aromatic heterocycles. The molecule has 0 atom stereocenters. The largest absolute Gasteiger partial charge is 0.481 e. The highest BCUT2D eigenvalue weighted by molar-refractivity contribution is 5.89. The van der Waals surface area contributed by atoms with Crippen LogP contribution in [0.5, 0.6) is 5.88 Å². The lowest BCUT2D eigenvalue weighted by Crippen LogP contribution is -2.18. The van der Waals surface area contributed by atoms with E-state index in [-0.39, 0.29) is 18.4 Å². The van der Waals surface area contributed by atoms with E-state index < -0.39 is 0 Å². The van der Waals surface area contributed by atoms with Gasteiger partial charge in [-0.25, -0.2) is 14.5 Å². The van der Waals surface area contributed by atoms with Gasteiger partial charge in [0, 0.05) is 35.9 Å². The minimum Gasteiger partial charge on any atom is -0.481 e. The number of carbonyl (C=O) groups is 1. The van der Waals surface area contributed by atoms with E-state index in [2.05, 4.69) is 25.4 Å². The fourth-order valence-electron chi connectivity index (χ4n) is 2.58. The summed E-state index contributed by atoms with van der Waals surface area (Å²) in [5, 5.41) is 6.99. The van der Waals surface area contributed by atoms with Gasteiger partial charge < -0.3 is 9.30 Å². The monoisotopic (exact) mass is 349 g/mol. The SMILES string of the molecule is COc1ncccc1-c1ccc2nc(NC(=O)Cn3ccnc3)nn2c1. The Labute approximate surface area is 148 Å². The molecule has 0 unspecified atom stereocenters. The summed E-state index contributed by atoms with van der Waals surface area (Å²) in [6.07, 6.45) is 8.39. The number of carbonyl (C=O) groups excluding carboxylic acids is 1. The van der Waals surface area contributed by atoms with Crippen LogP contribution >= 0.6 is 0 Å². The molecule has 0 aromatic carbocycles. The minimum absolute atomic E-state index is 0.147. The summed E-state index contributed by atoms with van der Waals surface area (Å²) in [5.74, 6) is 0.541. The van der Waals surface area contributed by atoms with E-state index in [0.29, 0.717) is 11.5 Å². The second-order valence-electron chi connectivity index (χ2n) is 5.50. The standard InChI is InChI=1S/C17H15N7O2/c1-26-16-13(3-2-6-19-16)12-4-5-14-20-17(22-24(14)9-12)21-15(25)10-23-8-7-18-11-23/h2-9,11H,10H2,1H3,(H,21,22,25). The Balaban J connectivity index is 1.59. The van der Waals surface area contributed by atoms with Crippen molar-refractivity contribution in [3.05, 3.63) is 55.4 Å². The number of fused-ring (bicyclic) bond motifs is 1. The number of ether oxygens (including phenoxy) is 1. The molecule has 0 bridgehead atoms. The molecule has 0 radical (unpaired) electrons. The summed E-state index contributed by atoms with van der Waals surface area (Å²) >= 11 is 0. The van der Waals surface area contributed by atoms with Crippen LogP contribution in [0.2, 0.25) is 0 Å². The van der Waals surface area contributed by atoms with Crippen molar-refractivity contribution >= 4 is 17.5 Å². The highest BCUT2D eigenvalue weighted by atomic mass is 16.5. The summed E-state index contributed by atoms with van der Waals surface area (Å²) in [6.45, 7) is 0.147. The van der Waals surface area contributed by atoms with Crippen LogP contribution in [0.3, 0.4) is 0 Å². The van der Waals surface area contributed by atoms with Gasteiger partial charge in [0.25, 0.3) is 0 Å². The Hall–Kier alpha value is -3.75. The molecular formula is C17H15N7O2. The van der Waals surface area contributed by atoms with E-state index in [0.717, 1.165) is 11.1 Å². The number of methoxy groups -OCH3 is 1. The minimum atomic E-state index is -0.229. The Bertz CT molecular complexity index is 1060. The maximum absolute atomic E-state index is 12.1. The first kappa shape index (κ1) is 15.8. The molecule has 0 spiro atoms. The van der Waals surface area contributed by atoms with Crippen molar-refractivity contribution in [2.45, 2.75) is 6.54 Å². The fraction of sp³-hybridized carbons (Fsp3) is 0.118. The van der Waals surface area contributed by atoms with Crippen LogP contribution in [0.25, 0.3) is 16.8 Å². The van der Waals surface area contributed by atoms with Gasteiger partial charge in [-0.2, -0.15) is 4.98 Å². The molecule has 0 saturated carbocycles. The number of hydrogen-bond donors (Lipinski definition) is 1. The molecule has 4 heterocycles. The fourth-order valence-corrected chi connectivity index (χ4v) is 2.58. The van der Waals surface area contributed by atoms with Crippen molar-refractivity contribution in [3.8, 4) is 17.0 Å². The third-order valence-electron chi connectivity index (χ3n) is 3.74. The molecule has 0 aliphatic rings. The summed E-state index contributed by atoms with van der Waals surface area (Å²) < 4.78 is 8.57. The number of nitrogens with one attached hydrogen (secondary N) is 1. The van der Waals surface area contributed by atoms with Crippen molar-refractivity contribution in [3.63, 3.8) is 0 Å². The van der Waals surface area contributed by atoms with Crippen molar-refractivity contribution in [2.24, 2.45) is 0 Å². The smallest absolute Gasteiger partial charge is 0.249 e. The van der Waals surface area contributed by atoms with E-state index in [1.807, 2.05) is 30.5 Å². The van der Waals surface area contributed by atoms with Gasteiger partial charge in [-0.15, -0.1) is 5.10 Å². The van der Waals surface area contributed by atoms with Crippen LogP contribution in [0.4, 0.5) is 5.95 Å². The number of aromatic nitrogens is 6. The number of amides is 1. The molecule has 9 heteroatoms. The van der Waals surface area contributed by atoms with Crippen LogP contribution in [0.15, 0.2) is 55.4 Å². The van der Waals surface area contributed by atoms with E-state index in [9.17, 15) is 4.79 Å². The second kappa shape index (κ2) is 6.63. The van der Waals surface area contributed by atoms with Gasteiger partial charge in [-0.1, -0.05) is 0 Å². The van der Waals surface area contributed by atoms with Crippen LogP contribution in [0, 0.1) is 0 Å². The van der Waals surface area contributed by atoms with Crippen molar-refractivity contribution in [1.82, 2.24) is 29.1 Å². The lowest BCUT2D eigenvalue weighted by Gasteiger charge is -2.06. The Morgan fingerprint density at radius 1 is 1.27 bits per heavy atom. The first-order valence-corrected chi connectivity index (χ1v) is 7.84. The average molecular weight is 349 g/mol. The summed E-state index contributed by atoms with van der Waals surface area (Å²) in [7, 11) is 1.58. The van der Waals surface area contributed by atoms with Crippen molar-refractivity contribution in [2.75, 3.05) is 12.4 Å². The molecule has 0 fully saturated rings. The van der Waals surface area contributed by atoms with E-state index >= 15 is 0 Å². The zero-order valence-electron chi connectivity index (χ0n) is 13.9. The molecule has 1 amide bonds. The van der Waals surface area contributed by atoms with Gasteiger partial charge in [-0.05, 0) is 24.3 Å². The topological polar surface area (TPSA) is 99.2 Å². The lowest BCUT2D eigenvalue weighted by atomic mass is 10.1. The number of pyridine rings is 2. The van der Waals surface area contributed by atoms with Crippen molar-refractivity contribution < 1.29 is 9.53 Å². The number of anilines is 1. The van der Waals surface area contributed by atoms with E-state index in [1.54, 1.807) is 41.1 Å². The van der Waals surface area contributed by atoms with E-state index in [4.69, 9.17) is 4.74 Å². The highest BCUT2D eigenvalue weighted by Gasteiger charge is 2.11. The first-order valence-electron chi connectivity index (χ1n) is 7.84. The van der Waals surface area contributed by atoms with Crippen LogP contribution in [-0.4, -0.2) is 42.2 Å². The Kier molecular flexibility index (Phi) is 4.02. The molecule has 26 heavy (non-hydrogen) atoms. The third kappa shape index (κ3) is 3.09. The molecule has 0 saturated heterocycles. The van der Waals surface area contributed by atoms with Gasteiger partial charge in [0.15, 0.2) is 5.65 Å². The number of hydrogen-bond acceptors (Lipinski definition) is 6. The zero-order chi connectivity index (χ0) is 17.9. The van der Waals surface area contributed by atoms with Gasteiger partial charge in [0.1, 0.15) is 6.54 Å². The predicted molar refractivity (Wildman–Crippen MR) is 93.6 cm³/mol. The molecular weight excluding hydrogens is 334 g/mol. The highest BCUT2D eigenvalue weighted by Crippen LogP contribution is 2.27. The molecule has 1 N–H and O–H groups in total. The molecule has 4 rings (SSSR count). The Morgan fingerprint density at radius 3 is 3.00 bits per heavy atom. The Morgan fingerprint density at radius 2 is 2.19 bits per heavy atom. The second-order valence-corrected chi connectivity index (χ2v) is 5.50. The maximum Gasteiger partial charge on any atom is 0.249 e. The summed E-state index contributed by atoms with van der Waals surface area (Å²) in [6, 6.07) is 7.48. The van der Waals surface area contributed by atoms with Crippen molar-refractivity contribution in [1.29, 1.82) is 0 Å². The van der Waals surface area contributed by atoms with Gasteiger partial charge in [-0.3, -0.25) is 10.1 Å². The molecule has 9 nitrogen and oxygen atoms in total. The molecule has 130 valence electrons. The predicted octanol–water partition coefficient (Wildman–Crippen LogP) is 1.64. The van der Waals surface area contributed by atoms with E-state index in [1.165, 1.54) is 0 Å². The number of rotatable bonds is 5. The average Bonchev–Trinajstić information content (AvgIpc) is 3.29.